The molecule has 3 heteroatoms. The first kappa shape index (κ1) is 9.93. The second-order valence-electron chi connectivity index (χ2n) is 3.27. The predicted octanol–water partition coefficient (Wildman–Crippen LogP) is 1.99. The lowest BCUT2D eigenvalue weighted by Crippen LogP contribution is -2.31. The van der Waals surface area contributed by atoms with E-state index in [1.807, 2.05) is 30.3 Å². The molecular weight excluding hydrogens is 192 g/mol. The van der Waals surface area contributed by atoms with Crippen LogP contribution in [-0.2, 0) is 14.3 Å². The Morgan fingerprint density at radius 3 is 2.73 bits per heavy atom. The summed E-state index contributed by atoms with van der Waals surface area (Å²) in [6.45, 7) is 0.681. The minimum atomic E-state index is -0.358. The molecule has 3 nitrogen and oxygen atoms in total. The quantitative estimate of drug-likeness (QED) is 0.558. The van der Waals surface area contributed by atoms with Crippen molar-refractivity contribution in [1.29, 1.82) is 0 Å². The van der Waals surface area contributed by atoms with Crippen LogP contribution in [0.5, 0.6) is 0 Å². The van der Waals surface area contributed by atoms with E-state index in [4.69, 9.17) is 9.47 Å². The standard InChI is InChI=1S/C12H12O3/c13-11(15-12-8-9-14-12)7-6-10-4-2-1-3-5-10/h1-7,12H,8-9H2. The normalized spacial score (nSPS) is 19.9. The zero-order valence-corrected chi connectivity index (χ0v) is 8.26. The van der Waals surface area contributed by atoms with Gasteiger partial charge in [-0.15, -0.1) is 0 Å². The number of hydrogen-bond donors (Lipinski definition) is 0. The molecule has 1 atom stereocenters. The Balaban J connectivity index is 1.85. The Kier molecular flexibility index (Phi) is 3.15. The van der Waals surface area contributed by atoms with Crippen LogP contribution in [0, 0.1) is 0 Å². The van der Waals surface area contributed by atoms with E-state index in [2.05, 4.69) is 0 Å². The summed E-state index contributed by atoms with van der Waals surface area (Å²) in [5.74, 6) is -0.358. The van der Waals surface area contributed by atoms with E-state index in [0.29, 0.717) is 6.61 Å². The number of carbonyl (C=O) groups is 1. The highest BCUT2D eigenvalue weighted by molar-refractivity contribution is 5.87. The van der Waals surface area contributed by atoms with Gasteiger partial charge in [-0.25, -0.2) is 4.79 Å². The fraction of sp³-hybridized carbons (Fsp3) is 0.250. The Morgan fingerprint density at radius 1 is 1.40 bits per heavy atom. The molecular formula is C12H12O3. The molecule has 1 saturated heterocycles. The van der Waals surface area contributed by atoms with Crippen LogP contribution >= 0.6 is 0 Å². The summed E-state index contributed by atoms with van der Waals surface area (Å²) in [6.07, 6.45) is 3.60. The van der Waals surface area contributed by atoms with Gasteiger partial charge >= 0.3 is 5.97 Å². The highest BCUT2D eigenvalue weighted by Gasteiger charge is 2.20. The third-order valence-corrected chi connectivity index (χ3v) is 2.12. The molecule has 1 aliphatic heterocycles. The van der Waals surface area contributed by atoms with E-state index >= 15 is 0 Å². The Labute approximate surface area is 88.3 Å². The third kappa shape index (κ3) is 2.92. The minimum Gasteiger partial charge on any atom is -0.433 e. The van der Waals surface area contributed by atoms with Gasteiger partial charge in [-0.1, -0.05) is 30.3 Å². The van der Waals surface area contributed by atoms with Crippen molar-refractivity contribution in [3.63, 3.8) is 0 Å². The van der Waals surface area contributed by atoms with E-state index in [1.165, 1.54) is 6.08 Å². The van der Waals surface area contributed by atoms with Crippen LogP contribution in [0.2, 0.25) is 0 Å². The molecule has 0 aliphatic carbocycles. The second kappa shape index (κ2) is 4.75. The lowest BCUT2D eigenvalue weighted by atomic mass is 10.2. The van der Waals surface area contributed by atoms with Gasteiger partial charge in [0.05, 0.1) is 6.61 Å². The van der Waals surface area contributed by atoms with Gasteiger partial charge in [-0.2, -0.15) is 0 Å². The van der Waals surface area contributed by atoms with Crippen molar-refractivity contribution in [2.24, 2.45) is 0 Å². The minimum absolute atomic E-state index is 0.335. The zero-order valence-electron chi connectivity index (χ0n) is 8.26. The molecule has 0 bridgehead atoms. The van der Waals surface area contributed by atoms with Crippen molar-refractivity contribution in [3.05, 3.63) is 42.0 Å². The first-order valence-electron chi connectivity index (χ1n) is 4.90. The topological polar surface area (TPSA) is 35.5 Å². The van der Waals surface area contributed by atoms with E-state index in [-0.39, 0.29) is 12.3 Å². The average Bonchev–Trinajstić information content (AvgIpc) is 2.22. The molecule has 0 spiro atoms. The first-order valence-corrected chi connectivity index (χ1v) is 4.90. The molecule has 78 valence electrons. The van der Waals surface area contributed by atoms with Gasteiger partial charge in [0.15, 0.2) is 0 Å². The summed E-state index contributed by atoms with van der Waals surface area (Å²) in [6, 6.07) is 9.60. The van der Waals surface area contributed by atoms with E-state index < -0.39 is 0 Å². The van der Waals surface area contributed by atoms with Gasteiger partial charge in [0, 0.05) is 12.5 Å². The fourth-order valence-electron chi connectivity index (χ4n) is 1.20. The van der Waals surface area contributed by atoms with Crippen molar-refractivity contribution < 1.29 is 14.3 Å². The SMILES string of the molecule is O=C(C=Cc1ccccc1)OC1CCO1. The second-order valence-corrected chi connectivity index (χ2v) is 3.27. The molecule has 1 aromatic rings. The van der Waals surface area contributed by atoms with Gasteiger partial charge in [0.25, 0.3) is 0 Å². The zero-order chi connectivity index (χ0) is 10.5. The van der Waals surface area contributed by atoms with Crippen molar-refractivity contribution in [1.82, 2.24) is 0 Å². The highest BCUT2D eigenvalue weighted by atomic mass is 16.7. The number of benzene rings is 1. The molecule has 1 aliphatic rings. The molecule has 0 aromatic heterocycles. The largest absolute Gasteiger partial charge is 0.433 e. The molecule has 0 saturated carbocycles. The van der Waals surface area contributed by atoms with Crippen molar-refractivity contribution in [2.75, 3.05) is 6.61 Å². The van der Waals surface area contributed by atoms with Gasteiger partial charge in [0.1, 0.15) is 0 Å². The van der Waals surface area contributed by atoms with Gasteiger partial charge in [0.2, 0.25) is 6.29 Å². The molecule has 15 heavy (non-hydrogen) atoms. The maximum atomic E-state index is 11.2. The average molecular weight is 204 g/mol. The molecule has 1 fully saturated rings. The summed E-state index contributed by atoms with van der Waals surface area (Å²) < 4.78 is 9.94. The molecule has 1 heterocycles. The lowest BCUT2D eigenvalue weighted by Gasteiger charge is -2.24. The van der Waals surface area contributed by atoms with Crippen LogP contribution in [0.3, 0.4) is 0 Å². The van der Waals surface area contributed by atoms with E-state index in [1.54, 1.807) is 6.08 Å². The van der Waals surface area contributed by atoms with E-state index in [9.17, 15) is 4.79 Å². The Bertz CT molecular complexity index is 352. The van der Waals surface area contributed by atoms with Gasteiger partial charge < -0.3 is 9.47 Å². The molecule has 2 rings (SSSR count). The summed E-state index contributed by atoms with van der Waals surface area (Å²) in [5.41, 5.74) is 0.976. The smallest absolute Gasteiger partial charge is 0.333 e. The molecule has 1 aromatic carbocycles. The van der Waals surface area contributed by atoms with Gasteiger partial charge in [-0.3, -0.25) is 0 Å². The van der Waals surface area contributed by atoms with Crippen molar-refractivity contribution in [3.8, 4) is 0 Å². The first-order chi connectivity index (χ1) is 7.34. The van der Waals surface area contributed by atoms with Crippen LogP contribution in [0.1, 0.15) is 12.0 Å². The van der Waals surface area contributed by atoms with Gasteiger partial charge in [-0.05, 0) is 11.6 Å². The summed E-state index contributed by atoms with van der Waals surface area (Å²) >= 11 is 0. The lowest BCUT2D eigenvalue weighted by molar-refractivity contribution is -0.212. The molecule has 0 N–H and O–H groups in total. The number of rotatable bonds is 3. The Hall–Kier alpha value is -1.61. The Morgan fingerprint density at radius 2 is 2.13 bits per heavy atom. The molecule has 0 amide bonds. The van der Waals surface area contributed by atoms with Crippen LogP contribution in [0.25, 0.3) is 6.08 Å². The maximum absolute atomic E-state index is 11.2. The maximum Gasteiger partial charge on any atom is 0.333 e. The third-order valence-electron chi connectivity index (χ3n) is 2.12. The molecule has 1 unspecified atom stereocenters. The van der Waals surface area contributed by atoms with Crippen LogP contribution < -0.4 is 0 Å². The van der Waals surface area contributed by atoms with E-state index in [0.717, 1.165) is 12.0 Å². The summed E-state index contributed by atoms with van der Waals surface area (Å²) in [7, 11) is 0. The van der Waals surface area contributed by atoms with Crippen LogP contribution in [0.4, 0.5) is 0 Å². The number of carbonyl (C=O) groups excluding carboxylic acids is 1. The number of esters is 1. The summed E-state index contributed by atoms with van der Waals surface area (Å²) in [4.78, 5) is 11.2. The highest BCUT2D eigenvalue weighted by Crippen LogP contribution is 2.12. The van der Waals surface area contributed by atoms with Crippen molar-refractivity contribution in [2.45, 2.75) is 12.7 Å². The van der Waals surface area contributed by atoms with Crippen LogP contribution in [-0.4, -0.2) is 18.9 Å². The summed E-state index contributed by atoms with van der Waals surface area (Å²) in [5, 5.41) is 0. The fourth-order valence-corrected chi connectivity index (χ4v) is 1.20. The number of hydrogen-bond acceptors (Lipinski definition) is 3. The predicted molar refractivity (Wildman–Crippen MR) is 55.9 cm³/mol. The number of ether oxygens (including phenoxy) is 2. The van der Waals surface area contributed by atoms with Crippen molar-refractivity contribution >= 4 is 12.0 Å². The monoisotopic (exact) mass is 204 g/mol. The molecule has 0 radical (unpaired) electrons. The van der Waals surface area contributed by atoms with Crippen LogP contribution in [0.15, 0.2) is 36.4 Å².